The summed E-state index contributed by atoms with van der Waals surface area (Å²) in [4.78, 5) is 20.7. The second-order valence-corrected chi connectivity index (χ2v) is 11.6. The quantitative estimate of drug-likeness (QED) is 0.444. The standard InChI is InChI=1S/C23H21BrClFN4O4S/c1-34-23(31)30-10-15-14(16(15)11-30)8-28-35(32,33)21-7-13(3-5-18(21)25)22-27-9-20(29-22)12-2-4-17(24)19(26)6-12/h2-7,9,14-16,28H,8,10-11H2,1H3,(H,27,29)/t14-,15-,16+. The van der Waals surface area contributed by atoms with Gasteiger partial charge in [0.15, 0.2) is 0 Å². The molecule has 2 fully saturated rings. The molecule has 184 valence electrons. The number of halogens is 3. The lowest BCUT2D eigenvalue weighted by molar-refractivity contribution is 0.126. The number of nitrogens with zero attached hydrogens (tertiary/aromatic N) is 2. The van der Waals surface area contributed by atoms with E-state index >= 15 is 0 Å². The maximum atomic E-state index is 13.9. The Hall–Kier alpha value is -2.47. The van der Waals surface area contributed by atoms with E-state index in [1.54, 1.807) is 29.3 Å². The van der Waals surface area contributed by atoms with Gasteiger partial charge in [-0.15, -0.1) is 0 Å². The molecule has 12 heteroatoms. The Bertz CT molecular complexity index is 1400. The molecule has 1 saturated carbocycles. The summed E-state index contributed by atoms with van der Waals surface area (Å²) in [6, 6.07) is 9.35. The van der Waals surface area contributed by atoms with Crippen LogP contribution in [0.5, 0.6) is 0 Å². The first-order chi connectivity index (χ1) is 16.7. The minimum Gasteiger partial charge on any atom is -0.453 e. The van der Waals surface area contributed by atoms with Gasteiger partial charge in [0.05, 0.1) is 28.5 Å². The summed E-state index contributed by atoms with van der Waals surface area (Å²) in [6.45, 7) is 1.42. The SMILES string of the molecule is COC(=O)N1C[C@@H]2[C@@H](CNS(=O)(=O)c3cc(-c4ncc(-c5ccc(Br)c(F)c5)[nH]4)ccc3Cl)[C@@H]2C1. The van der Waals surface area contributed by atoms with Gasteiger partial charge >= 0.3 is 6.09 Å². The molecule has 2 aromatic carbocycles. The Labute approximate surface area is 215 Å². The summed E-state index contributed by atoms with van der Waals surface area (Å²) in [5.41, 5.74) is 1.72. The zero-order chi connectivity index (χ0) is 24.9. The Kier molecular flexibility index (Phi) is 6.37. The molecule has 1 aliphatic heterocycles. The van der Waals surface area contributed by atoms with Gasteiger partial charge < -0.3 is 14.6 Å². The predicted molar refractivity (Wildman–Crippen MR) is 132 cm³/mol. The monoisotopic (exact) mass is 582 g/mol. The van der Waals surface area contributed by atoms with Gasteiger partial charge in [-0.25, -0.2) is 27.3 Å². The molecule has 1 aliphatic carbocycles. The van der Waals surface area contributed by atoms with Gasteiger partial charge in [-0.3, -0.25) is 0 Å². The number of hydrogen-bond donors (Lipinski definition) is 2. The van der Waals surface area contributed by atoms with Gasteiger partial charge in [0.2, 0.25) is 10.0 Å². The Balaban J connectivity index is 1.29. The number of hydrogen-bond acceptors (Lipinski definition) is 5. The summed E-state index contributed by atoms with van der Waals surface area (Å²) in [6.07, 6.45) is 1.20. The van der Waals surface area contributed by atoms with Crippen molar-refractivity contribution in [3.8, 4) is 22.6 Å². The fraction of sp³-hybridized carbons (Fsp3) is 0.304. The number of aromatic amines is 1. The lowest BCUT2D eigenvalue weighted by atomic mass is 10.2. The van der Waals surface area contributed by atoms with E-state index in [4.69, 9.17) is 16.3 Å². The highest BCUT2D eigenvalue weighted by Crippen LogP contribution is 2.51. The van der Waals surface area contributed by atoms with Crippen LogP contribution in [-0.4, -0.2) is 56.1 Å². The summed E-state index contributed by atoms with van der Waals surface area (Å²) in [7, 11) is -2.53. The third kappa shape index (κ3) is 4.69. The molecule has 0 spiro atoms. The van der Waals surface area contributed by atoms with Crippen molar-refractivity contribution in [3.63, 3.8) is 0 Å². The average Bonchev–Trinajstić information content (AvgIpc) is 3.19. The van der Waals surface area contributed by atoms with E-state index < -0.39 is 15.8 Å². The summed E-state index contributed by atoms with van der Waals surface area (Å²) in [5.74, 6) is 0.734. The lowest BCUT2D eigenvalue weighted by Gasteiger charge is -2.18. The molecule has 1 aromatic heterocycles. The highest BCUT2D eigenvalue weighted by atomic mass is 79.9. The van der Waals surface area contributed by atoms with Crippen molar-refractivity contribution in [2.75, 3.05) is 26.7 Å². The number of piperidine rings is 1. The normalized spacial score (nSPS) is 21.1. The minimum absolute atomic E-state index is 0.0497. The molecule has 35 heavy (non-hydrogen) atoms. The average molecular weight is 584 g/mol. The highest BCUT2D eigenvalue weighted by molar-refractivity contribution is 9.10. The Morgan fingerprint density at radius 1 is 1.26 bits per heavy atom. The van der Waals surface area contributed by atoms with Crippen molar-refractivity contribution in [1.29, 1.82) is 0 Å². The minimum atomic E-state index is -3.88. The molecule has 0 unspecified atom stereocenters. The zero-order valence-corrected chi connectivity index (χ0v) is 21.6. The van der Waals surface area contributed by atoms with Crippen LogP contribution in [0, 0.1) is 23.6 Å². The number of imidazole rings is 1. The van der Waals surface area contributed by atoms with Crippen LogP contribution in [0.15, 0.2) is 52.0 Å². The van der Waals surface area contributed by atoms with Crippen LogP contribution in [0.3, 0.4) is 0 Å². The number of H-pyrrole nitrogens is 1. The number of sulfonamides is 1. The number of aromatic nitrogens is 2. The molecule has 3 atom stereocenters. The fourth-order valence-electron chi connectivity index (χ4n) is 4.65. The second-order valence-electron chi connectivity index (χ2n) is 8.64. The van der Waals surface area contributed by atoms with Crippen molar-refractivity contribution >= 4 is 43.6 Å². The number of carbonyl (C=O) groups is 1. The van der Waals surface area contributed by atoms with Gasteiger partial charge in [-0.1, -0.05) is 17.7 Å². The van der Waals surface area contributed by atoms with Crippen molar-refractivity contribution < 1.29 is 22.3 Å². The van der Waals surface area contributed by atoms with Crippen LogP contribution >= 0.6 is 27.5 Å². The molecule has 3 aromatic rings. The van der Waals surface area contributed by atoms with E-state index in [9.17, 15) is 17.6 Å². The van der Waals surface area contributed by atoms with E-state index in [0.29, 0.717) is 40.2 Å². The van der Waals surface area contributed by atoms with Crippen LogP contribution in [0.1, 0.15) is 0 Å². The molecular weight excluding hydrogens is 563 g/mol. The molecule has 2 N–H and O–H groups in total. The summed E-state index contributed by atoms with van der Waals surface area (Å²) in [5, 5.41) is 0.0934. The van der Waals surface area contributed by atoms with Crippen LogP contribution in [0.25, 0.3) is 22.6 Å². The maximum Gasteiger partial charge on any atom is 0.409 e. The van der Waals surface area contributed by atoms with Crippen LogP contribution in [0.2, 0.25) is 5.02 Å². The third-order valence-electron chi connectivity index (χ3n) is 6.61. The van der Waals surface area contributed by atoms with Crippen LogP contribution < -0.4 is 4.72 Å². The number of carbonyl (C=O) groups excluding carboxylic acids is 1. The molecule has 1 saturated heterocycles. The Morgan fingerprint density at radius 2 is 1.97 bits per heavy atom. The first kappa shape index (κ1) is 24.2. The van der Waals surface area contributed by atoms with Gasteiger partial charge in [-0.05, 0) is 64.0 Å². The largest absolute Gasteiger partial charge is 0.453 e. The first-order valence-corrected chi connectivity index (χ1v) is 13.5. The molecule has 5 rings (SSSR count). The van der Waals surface area contributed by atoms with Crippen molar-refractivity contribution in [3.05, 3.63) is 57.9 Å². The topological polar surface area (TPSA) is 104 Å². The number of benzene rings is 2. The number of methoxy groups -OCH3 is 1. The van der Waals surface area contributed by atoms with Crippen molar-refractivity contribution in [1.82, 2.24) is 19.6 Å². The lowest BCUT2D eigenvalue weighted by Crippen LogP contribution is -2.34. The van der Waals surface area contributed by atoms with E-state index in [2.05, 4.69) is 30.6 Å². The van der Waals surface area contributed by atoms with Crippen LogP contribution in [-0.2, 0) is 14.8 Å². The van der Waals surface area contributed by atoms with E-state index in [-0.39, 0.29) is 40.3 Å². The van der Waals surface area contributed by atoms with E-state index in [0.717, 1.165) is 0 Å². The predicted octanol–water partition coefficient (Wildman–Crippen LogP) is 4.52. The van der Waals surface area contributed by atoms with Crippen LogP contribution in [0.4, 0.5) is 9.18 Å². The fourth-order valence-corrected chi connectivity index (χ4v) is 6.49. The number of amides is 1. The van der Waals surface area contributed by atoms with Gasteiger partial charge in [0.1, 0.15) is 16.5 Å². The first-order valence-electron chi connectivity index (χ1n) is 10.8. The summed E-state index contributed by atoms with van der Waals surface area (Å²) < 4.78 is 47.8. The number of nitrogens with one attached hydrogen (secondary N) is 2. The van der Waals surface area contributed by atoms with E-state index in [1.165, 1.54) is 25.3 Å². The number of rotatable bonds is 6. The highest BCUT2D eigenvalue weighted by Gasteiger charge is 2.56. The van der Waals surface area contributed by atoms with Gasteiger partial charge in [0, 0.05) is 30.8 Å². The molecular formula is C23H21BrClFN4O4S. The van der Waals surface area contributed by atoms with Gasteiger partial charge in [0.25, 0.3) is 0 Å². The number of fused-ring (bicyclic) bond motifs is 1. The number of ether oxygens (including phenoxy) is 1. The molecule has 2 aliphatic rings. The third-order valence-corrected chi connectivity index (χ3v) is 9.16. The zero-order valence-electron chi connectivity index (χ0n) is 18.5. The van der Waals surface area contributed by atoms with Crippen molar-refractivity contribution in [2.24, 2.45) is 17.8 Å². The molecule has 2 heterocycles. The Morgan fingerprint density at radius 3 is 2.66 bits per heavy atom. The maximum absolute atomic E-state index is 13.9. The second kappa shape index (κ2) is 9.20. The molecule has 1 amide bonds. The molecule has 0 bridgehead atoms. The smallest absolute Gasteiger partial charge is 0.409 e. The van der Waals surface area contributed by atoms with E-state index in [1.807, 2.05) is 0 Å². The van der Waals surface area contributed by atoms with Crippen molar-refractivity contribution in [2.45, 2.75) is 4.90 Å². The van der Waals surface area contributed by atoms with Gasteiger partial charge in [-0.2, -0.15) is 0 Å². The number of likely N-dealkylation sites (tertiary alicyclic amines) is 1. The molecule has 8 nitrogen and oxygen atoms in total. The summed E-state index contributed by atoms with van der Waals surface area (Å²) >= 11 is 9.38. The molecule has 0 radical (unpaired) electrons.